The summed E-state index contributed by atoms with van der Waals surface area (Å²) >= 11 is 0. The van der Waals surface area contributed by atoms with Gasteiger partial charge in [-0.3, -0.25) is 19.3 Å². The molecule has 0 radical (unpaired) electrons. The molecule has 0 aliphatic carbocycles. The quantitative estimate of drug-likeness (QED) is 0.662. The molecule has 5 rings (SSSR count). The standard InChI is InChI=1S/C23H17N3O4/c27-15-11-9-14(10-12-15)24-20(28)13-25-21-16-5-1-2-6-17(16)23(30)26(21)19-8-4-3-7-18(19)22(25)29/h1-12,21,27H,13H2,(H,24,28). The fourth-order valence-corrected chi connectivity index (χ4v) is 4.03. The molecule has 0 spiro atoms. The van der Waals surface area contributed by atoms with Gasteiger partial charge in [0.05, 0.1) is 11.3 Å². The Hall–Kier alpha value is -4.13. The summed E-state index contributed by atoms with van der Waals surface area (Å²) in [7, 11) is 0. The summed E-state index contributed by atoms with van der Waals surface area (Å²) in [6.45, 7) is -0.225. The van der Waals surface area contributed by atoms with E-state index in [0.717, 1.165) is 0 Å². The van der Waals surface area contributed by atoms with Gasteiger partial charge in [0, 0.05) is 16.8 Å². The van der Waals surface area contributed by atoms with Crippen LogP contribution in [0.25, 0.3) is 0 Å². The molecule has 3 amide bonds. The summed E-state index contributed by atoms with van der Waals surface area (Å²) in [6, 6.07) is 20.1. The Bertz CT molecular complexity index is 1190. The second kappa shape index (κ2) is 6.73. The van der Waals surface area contributed by atoms with Gasteiger partial charge in [0.1, 0.15) is 18.5 Å². The van der Waals surface area contributed by atoms with Gasteiger partial charge in [-0.15, -0.1) is 0 Å². The summed E-state index contributed by atoms with van der Waals surface area (Å²) in [5.41, 5.74) is 2.65. The SMILES string of the molecule is O=C(CN1C(=O)c2ccccc2N2C(=O)c3ccccc3C12)Nc1ccc(O)cc1. The highest BCUT2D eigenvalue weighted by Gasteiger charge is 2.47. The molecule has 7 heteroatoms. The fraction of sp³-hybridized carbons (Fsp3) is 0.0870. The Morgan fingerprint density at radius 1 is 0.867 bits per heavy atom. The predicted octanol–water partition coefficient (Wildman–Crippen LogP) is 3.15. The number of fused-ring (bicyclic) bond motifs is 5. The molecule has 1 unspecified atom stereocenters. The number of anilines is 2. The fourth-order valence-electron chi connectivity index (χ4n) is 4.03. The first-order valence-corrected chi connectivity index (χ1v) is 9.46. The number of rotatable bonds is 3. The minimum absolute atomic E-state index is 0.0903. The lowest BCUT2D eigenvalue weighted by molar-refractivity contribution is -0.117. The van der Waals surface area contributed by atoms with E-state index >= 15 is 0 Å². The zero-order chi connectivity index (χ0) is 20.8. The molecular formula is C23H17N3O4. The molecule has 2 N–H and O–H groups in total. The van der Waals surface area contributed by atoms with Gasteiger partial charge in [-0.25, -0.2) is 0 Å². The number of hydrogen-bond donors (Lipinski definition) is 2. The van der Waals surface area contributed by atoms with E-state index in [0.29, 0.717) is 28.1 Å². The van der Waals surface area contributed by atoms with Crippen LogP contribution in [0.2, 0.25) is 0 Å². The zero-order valence-corrected chi connectivity index (χ0v) is 15.8. The molecule has 3 aromatic carbocycles. The highest BCUT2D eigenvalue weighted by Crippen LogP contribution is 2.44. The molecule has 7 nitrogen and oxygen atoms in total. The predicted molar refractivity (Wildman–Crippen MR) is 110 cm³/mol. The van der Waals surface area contributed by atoms with Crippen LogP contribution in [-0.2, 0) is 4.79 Å². The van der Waals surface area contributed by atoms with E-state index in [1.807, 2.05) is 12.1 Å². The second-order valence-electron chi connectivity index (χ2n) is 7.18. The zero-order valence-electron chi connectivity index (χ0n) is 15.8. The lowest BCUT2D eigenvalue weighted by atomic mass is 10.0. The minimum Gasteiger partial charge on any atom is -0.508 e. The number of nitrogens with one attached hydrogen (secondary N) is 1. The van der Waals surface area contributed by atoms with E-state index in [4.69, 9.17) is 0 Å². The van der Waals surface area contributed by atoms with Gasteiger partial charge >= 0.3 is 0 Å². The summed E-state index contributed by atoms with van der Waals surface area (Å²) in [5.74, 6) is -0.811. The largest absolute Gasteiger partial charge is 0.508 e. The first-order valence-electron chi connectivity index (χ1n) is 9.46. The average Bonchev–Trinajstić information content (AvgIpc) is 3.06. The Morgan fingerprint density at radius 2 is 1.53 bits per heavy atom. The number of phenolic OH excluding ortho intramolecular Hbond substituents is 1. The third-order valence-corrected chi connectivity index (χ3v) is 5.35. The van der Waals surface area contributed by atoms with Crippen LogP contribution < -0.4 is 10.2 Å². The van der Waals surface area contributed by atoms with Crippen molar-refractivity contribution in [3.63, 3.8) is 0 Å². The van der Waals surface area contributed by atoms with Gasteiger partial charge in [0.2, 0.25) is 5.91 Å². The molecule has 2 aliphatic rings. The van der Waals surface area contributed by atoms with Gasteiger partial charge in [0.25, 0.3) is 11.8 Å². The van der Waals surface area contributed by atoms with E-state index in [2.05, 4.69) is 5.32 Å². The molecule has 1 atom stereocenters. The van der Waals surface area contributed by atoms with Crippen molar-refractivity contribution >= 4 is 29.1 Å². The van der Waals surface area contributed by atoms with Crippen LogP contribution >= 0.6 is 0 Å². The smallest absolute Gasteiger partial charge is 0.260 e. The van der Waals surface area contributed by atoms with E-state index in [1.54, 1.807) is 53.4 Å². The third-order valence-electron chi connectivity index (χ3n) is 5.35. The maximum atomic E-state index is 13.3. The van der Waals surface area contributed by atoms with Crippen molar-refractivity contribution < 1.29 is 19.5 Å². The number of hydrogen-bond acceptors (Lipinski definition) is 4. The Morgan fingerprint density at radius 3 is 2.30 bits per heavy atom. The summed E-state index contributed by atoms with van der Waals surface area (Å²) in [5, 5.41) is 12.1. The maximum Gasteiger partial charge on any atom is 0.260 e. The van der Waals surface area contributed by atoms with E-state index in [9.17, 15) is 19.5 Å². The number of phenols is 1. The van der Waals surface area contributed by atoms with Crippen LogP contribution in [0.15, 0.2) is 72.8 Å². The number of benzene rings is 3. The number of aromatic hydroxyl groups is 1. The van der Waals surface area contributed by atoms with Crippen LogP contribution in [0.5, 0.6) is 5.75 Å². The summed E-state index contributed by atoms with van der Waals surface area (Å²) < 4.78 is 0. The molecule has 0 saturated heterocycles. The van der Waals surface area contributed by atoms with Crippen LogP contribution in [0.4, 0.5) is 11.4 Å². The van der Waals surface area contributed by atoms with Crippen LogP contribution in [-0.4, -0.2) is 34.3 Å². The lowest BCUT2D eigenvalue weighted by Gasteiger charge is -2.40. The van der Waals surface area contributed by atoms with Crippen molar-refractivity contribution in [3.05, 3.63) is 89.5 Å². The Kier molecular flexibility index (Phi) is 4.03. The van der Waals surface area contributed by atoms with Gasteiger partial charge in [-0.1, -0.05) is 30.3 Å². The van der Waals surface area contributed by atoms with Gasteiger partial charge < -0.3 is 15.3 Å². The van der Waals surface area contributed by atoms with Crippen molar-refractivity contribution in [2.24, 2.45) is 0 Å². The summed E-state index contributed by atoms with van der Waals surface area (Å²) in [6.07, 6.45) is -0.679. The number of nitrogens with zero attached hydrogens (tertiary/aromatic N) is 2. The van der Waals surface area contributed by atoms with Gasteiger partial charge in [0.15, 0.2) is 0 Å². The first-order chi connectivity index (χ1) is 14.5. The molecule has 0 aromatic heterocycles. The molecule has 2 aliphatic heterocycles. The van der Waals surface area contributed by atoms with Crippen molar-refractivity contribution in [1.29, 1.82) is 0 Å². The van der Waals surface area contributed by atoms with E-state index < -0.39 is 12.1 Å². The first kappa shape index (κ1) is 17.9. The third kappa shape index (κ3) is 2.71. The summed E-state index contributed by atoms with van der Waals surface area (Å²) in [4.78, 5) is 42.1. The molecule has 0 fully saturated rings. The van der Waals surface area contributed by atoms with Gasteiger partial charge in [-0.05, 0) is 42.5 Å². The van der Waals surface area contributed by atoms with Crippen molar-refractivity contribution in [2.45, 2.75) is 6.17 Å². The van der Waals surface area contributed by atoms with E-state index in [-0.39, 0.29) is 24.1 Å². The lowest BCUT2D eigenvalue weighted by Crippen LogP contribution is -2.50. The van der Waals surface area contributed by atoms with Crippen molar-refractivity contribution in [2.75, 3.05) is 16.8 Å². The minimum atomic E-state index is -0.679. The molecule has 30 heavy (non-hydrogen) atoms. The number of amides is 3. The highest BCUT2D eigenvalue weighted by atomic mass is 16.3. The molecule has 2 heterocycles. The monoisotopic (exact) mass is 399 g/mol. The number of para-hydroxylation sites is 1. The Labute approximate surface area is 172 Å². The normalized spacial score (nSPS) is 16.7. The topological polar surface area (TPSA) is 90.0 Å². The Balaban J connectivity index is 1.52. The van der Waals surface area contributed by atoms with Crippen LogP contribution in [0.1, 0.15) is 32.4 Å². The molecule has 0 saturated carbocycles. The maximum absolute atomic E-state index is 13.3. The van der Waals surface area contributed by atoms with Crippen LogP contribution in [0.3, 0.4) is 0 Å². The average molecular weight is 399 g/mol. The van der Waals surface area contributed by atoms with Crippen LogP contribution in [0, 0.1) is 0 Å². The number of carbonyl (C=O) groups excluding carboxylic acids is 3. The highest BCUT2D eigenvalue weighted by molar-refractivity contribution is 6.17. The number of carbonyl (C=O) groups is 3. The van der Waals surface area contributed by atoms with Crippen molar-refractivity contribution in [3.8, 4) is 5.75 Å². The molecule has 0 bridgehead atoms. The second-order valence-corrected chi connectivity index (χ2v) is 7.18. The van der Waals surface area contributed by atoms with Gasteiger partial charge in [-0.2, -0.15) is 0 Å². The van der Waals surface area contributed by atoms with Crippen molar-refractivity contribution in [1.82, 2.24) is 4.90 Å². The molecule has 148 valence electrons. The molecular weight excluding hydrogens is 382 g/mol. The molecule has 3 aromatic rings. The van der Waals surface area contributed by atoms with E-state index in [1.165, 1.54) is 17.0 Å².